The zero-order chi connectivity index (χ0) is 17.5. The molecule has 5 aromatic rings. The van der Waals surface area contributed by atoms with Crippen molar-refractivity contribution in [3.63, 3.8) is 0 Å². The molecule has 6 nitrogen and oxygen atoms in total. The van der Waals surface area contributed by atoms with Crippen LogP contribution in [-0.4, -0.2) is 32.3 Å². The van der Waals surface area contributed by atoms with Gasteiger partial charge in [-0.2, -0.15) is 5.10 Å². The fourth-order valence-corrected chi connectivity index (χ4v) is 3.16. The van der Waals surface area contributed by atoms with Gasteiger partial charge in [-0.05, 0) is 24.3 Å². The van der Waals surface area contributed by atoms with Gasteiger partial charge >= 0.3 is 0 Å². The SMILES string of the molecule is COc1cncc(-c2cnc3[nH]nc(-c4cc5ccccc5[nH]4)c3c2)c1. The number of ether oxygens (including phenoxy) is 1. The molecule has 126 valence electrons. The van der Waals surface area contributed by atoms with Crippen LogP contribution in [0.5, 0.6) is 5.75 Å². The Morgan fingerprint density at radius 3 is 2.73 bits per heavy atom. The molecule has 4 heterocycles. The molecule has 0 aliphatic rings. The topological polar surface area (TPSA) is 79.5 Å². The van der Waals surface area contributed by atoms with Gasteiger partial charge in [-0.1, -0.05) is 18.2 Å². The highest BCUT2D eigenvalue weighted by Gasteiger charge is 2.13. The molecule has 0 atom stereocenters. The number of hydrogen-bond donors (Lipinski definition) is 2. The van der Waals surface area contributed by atoms with Crippen LogP contribution in [0.25, 0.3) is 44.5 Å². The van der Waals surface area contributed by atoms with E-state index in [0.717, 1.165) is 44.5 Å². The normalized spacial score (nSPS) is 11.3. The maximum Gasteiger partial charge on any atom is 0.155 e. The Morgan fingerprint density at radius 1 is 0.962 bits per heavy atom. The van der Waals surface area contributed by atoms with Crippen molar-refractivity contribution >= 4 is 21.9 Å². The number of rotatable bonds is 3. The van der Waals surface area contributed by atoms with Crippen LogP contribution in [0.2, 0.25) is 0 Å². The Labute approximate surface area is 148 Å². The van der Waals surface area contributed by atoms with Gasteiger partial charge in [-0.25, -0.2) is 4.98 Å². The van der Waals surface area contributed by atoms with Crippen LogP contribution in [0.3, 0.4) is 0 Å². The third-order valence-corrected chi connectivity index (χ3v) is 4.48. The maximum atomic E-state index is 5.27. The van der Waals surface area contributed by atoms with Gasteiger partial charge in [0.1, 0.15) is 11.4 Å². The Hall–Kier alpha value is -3.67. The van der Waals surface area contributed by atoms with Gasteiger partial charge in [0, 0.05) is 39.8 Å². The zero-order valence-corrected chi connectivity index (χ0v) is 14.0. The summed E-state index contributed by atoms with van der Waals surface area (Å²) in [7, 11) is 1.63. The first-order chi connectivity index (χ1) is 12.8. The molecule has 2 N–H and O–H groups in total. The molecule has 0 spiro atoms. The van der Waals surface area contributed by atoms with Crippen LogP contribution in [-0.2, 0) is 0 Å². The first-order valence-electron chi connectivity index (χ1n) is 8.23. The number of methoxy groups -OCH3 is 1. The minimum Gasteiger partial charge on any atom is -0.495 e. The molecule has 0 aliphatic heterocycles. The van der Waals surface area contributed by atoms with E-state index in [1.807, 2.05) is 24.4 Å². The van der Waals surface area contributed by atoms with E-state index in [1.54, 1.807) is 19.5 Å². The summed E-state index contributed by atoms with van der Waals surface area (Å²) in [6, 6.07) is 14.3. The van der Waals surface area contributed by atoms with E-state index in [-0.39, 0.29) is 0 Å². The standard InChI is InChI=1S/C20H15N5O/c1-26-15-6-13(9-21-11-15)14-7-16-19(24-25-20(16)22-10-14)18-8-12-4-2-3-5-17(12)23-18/h2-11,23H,1H3,(H,22,24,25). The summed E-state index contributed by atoms with van der Waals surface area (Å²) < 4.78 is 5.27. The molecular weight excluding hydrogens is 326 g/mol. The number of para-hydroxylation sites is 1. The summed E-state index contributed by atoms with van der Waals surface area (Å²) in [6.45, 7) is 0. The van der Waals surface area contributed by atoms with Crippen molar-refractivity contribution in [2.24, 2.45) is 0 Å². The number of aromatic amines is 2. The lowest BCUT2D eigenvalue weighted by Crippen LogP contribution is -1.87. The smallest absolute Gasteiger partial charge is 0.155 e. The van der Waals surface area contributed by atoms with Crippen LogP contribution in [0.1, 0.15) is 0 Å². The third-order valence-electron chi connectivity index (χ3n) is 4.48. The molecule has 4 aromatic heterocycles. The summed E-state index contributed by atoms with van der Waals surface area (Å²) in [6.07, 6.45) is 5.29. The van der Waals surface area contributed by atoms with Crippen molar-refractivity contribution in [1.29, 1.82) is 0 Å². The Morgan fingerprint density at radius 2 is 1.85 bits per heavy atom. The van der Waals surface area contributed by atoms with E-state index in [4.69, 9.17) is 4.74 Å². The molecule has 0 bridgehead atoms. The lowest BCUT2D eigenvalue weighted by Gasteiger charge is -2.04. The molecule has 0 fully saturated rings. The monoisotopic (exact) mass is 341 g/mol. The van der Waals surface area contributed by atoms with Gasteiger partial charge in [0.15, 0.2) is 5.65 Å². The third kappa shape index (κ3) is 2.31. The zero-order valence-electron chi connectivity index (χ0n) is 14.0. The lowest BCUT2D eigenvalue weighted by molar-refractivity contribution is 0.413. The van der Waals surface area contributed by atoms with Gasteiger partial charge in [0.05, 0.1) is 19.0 Å². The van der Waals surface area contributed by atoms with E-state index < -0.39 is 0 Å². The predicted molar refractivity (Wildman–Crippen MR) is 101 cm³/mol. The van der Waals surface area contributed by atoms with Crippen molar-refractivity contribution in [2.45, 2.75) is 0 Å². The second kappa shape index (κ2) is 5.70. The van der Waals surface area contributed by atoms with Crippen molar-refractivity contribution in [1.82, 2.24) is 25.1 Å². The number of H-pyrrole nitrogens is 2. The summed E-state index contributed by atoms with van der Waals surface area (Å²) in [4.78, 5) is 12.2. The number of benzene rings is 1. The van der Waals surface area contributed by atoms with Crippen molar-refractivity contribution < 1.29 is 4.74 Å². The molecule has 6 heteroatoms. The van der Waals surface area contributed by atoms with Crippen LogP contribution >= 0.6 is 0 Å². The number of nitrogens with zero attached hydrogens (tertiary/aromatic N) is 3. The van der Waals surface area contributed by atoms with E-state index >= 15 is 0 Å². The van der Waals surface area contributed by atoms with E-state index in [1.165, 1.54) is 0 Å². The predicted octanol–water partition coefficient (Wildman–Crippen LogP) is 4.18. The summed E-state index contributed by atoms with van der Waals surface area (Å²) in [5, 5.41) is 9.59. The largest absolute Gasteiger partial charge is 0.495 e. The highest BCUT2D eigenvalue weighted by atomic mass is 16.5. The first-order valence-corrected chi connectivity index (χ1v) is 8.23. The minimum absolute atomic E-state index is 0.714. The second-order valence-electron chi connectivity index (χ2n) is 6.08. The highest BCUT2D eigenvalue weighted by Crippen LogP contribution is 2.31. The van der Waals surface area contributed by atoms with Gasteiger partial charge in [-0.15, -0.1) is 0 Å². The second-order valence-corrected chi connectivity index (χ2v) is 6.08. The van der Waals surface area contributed by atoms with Crippen molar-refractivity contribution in [3.05, 3.63) is 61.1 Å². The molecule has 0 radical (unpaired) electrons. The molecule has 1 aromatic carbocycles. The van der Waals surface area contributed by atoms with Crippen LogP contribution in [0, 0.1) is 0 Å². The number of fused-ring (bicyclic) bond motifs is 2. The fraction of sp³-hybridized carbons (Fsp3) is 0.0500. The Balaban J connectivity index is 1.67. The molecule has 5 rings (SSSR count). The fourth-order valence-electron chi connectivity index (χ4n) is 3.16. The van der Waals surface area contributed by atoms with Gasteiger partial charge < -0.3 is 9.72 Å². The highest BCUT2D eigenvalue weighted by molar-refractivity contribution is 5.95. The van der Waals surface area contributed by atoms with Crippen molar-refractivity contribution in [2.75, 3.05) is 7.11 Å². The van der Waals surface area contributed by atoms with Crippen molar-refractivity contribution in [3.8, 4) is 28.3 Å². The molecule has 0 aliphatic carbocycles. The molecule has 0 saturated heterocycles. The quantitative estimate of drug-likeness (QED) is 0.516. The number of hydrogen-bond acceptors (Lipinski definition) is 4. The molecule has 0 amide bonds. The average molecular weight is 341 g/mol. The van der Waals surface area contributed by atoms with Gasteiger partial charge in [0.25, 0.3) is 0 Å². The van der Waals surface area contributed by atoms with Crippen LogP contribution in [0.15, 0.2) is 61.1 Å². The number of aromatic nitrogens is 5. The molecule has 0 saturated carbocycles. The first kappa shape index (κ1) is 14.7. The Bertz CT molecular complexity index is 1200. The lowest BCUT2D eigenvalue weighted by atomic mass is 10.1. The van der Waals surface area contributed by atoms with Gasteiger partial charge in [0.2, 0.25) is 0 Å². The maximum absolute atomic E-state index is 5.27. The molecular formula is C20H15N5O. The van der Waals surface area contributed by atoms with Gasteiger partial charge in [-0.3, -0.25) is 10.1 Å². The minimum atomic E-state index is 0.714. The van der Waals surface area contributed by atoms with E-state index in [2.05, 4.69) is 49.4 Å². The molecule has 26 heavy (non-hydrogen) atoms. The Kier molecular flexibility index (Phi) is 3.21. The van der Waals surface area contributed by atoms with Crippen LogP contribution < -0.4 is 4.74 Å². The molecule has 0 unspecified atom stereocenters. The number of pyridine rings is 2. The number of nitrogens with one attached hydrogen (secondary N) is 2. The summed E-state index contributed by atoms with van der Waals surface area (Å²) in [5.74, 6) is 0.714. The van der Waals surface area contributed by atoms with Crippen LogP contribution in [0.4, 0.5) is 0 Å². The summed E-state index contributed by atoms with van der Waals surface area (Å²) in [5.41, 5.74) is 5.55. The summed E-state index contributed by atoms with van der Waals surface area (Å²) >= 11 is 0. The average Bonchev–Trinajstić information content (AvgIpc) is 3.31. The van der Waals surface area contributed by atoms with E-state index in [0.29, 0.717) is 5.75 Å². The van der Waals surface area contributed by atoms with E-state index in [9.17, 15) is 0 Å².